The van der Waals surface area contributed by atoms with E-state index in [-0.39, 0.29) is 96.2 Å². The number of rotatable bonds is 0. The molecule has 0 heterocycles. The minimum Gasteiger partial charge on any atom is -0.822 e. The third-order valence-electron chi connectivity index (χ3n) is 0. The van der Waals surface area contributed by atoms with Crippen molar-refractivity contribution >= 4 is 21.8 Å². The number of carbonyl (C=O) groups excluding carboxylic acids is 1. The van der Waals surface area contributed by atoms with Crippen LogP contribution in [0.4, 0.5) is 4.79 Å². The van der Waals surface area contributed by atoms with Crippen LogP contribution < -0.4 is 77.3 Å². The van der Waals surface area contributed by atoms with Gasteiger partial charge in [0.25, 0.3) is 0 Å². The van der Waals surface area contributed by atoms with Crippen LogP contribution in [-0.2, 0) is 67.6 Å². The number of carbonyl (C=O) groups is 1. The standard InChI is InChI=1S/CH2O3.2Li.2H3O4P.3Zn/c2-1(3)4;;;2*1-5(2,3)4;;;/h(H2,2,3,4);;;2*(H3,1,2,3,4);;;/q;2*+1;;;3*+2/p-8. The van der Waals surface area contributed by atoms with Crippen molar-refractivity contribution < 1.29 is 150 Å². The fraction of sp³-hybridized carbons (Fsp3) is 0. The molecule has 0 N–H and O–H groups in total. The first kappa shape index (κ1) is 49.6. The van der Waals surface area contributed by atoms with Crippen LogP contribution >= 0.6 is 15.6 Å². The molecule has 0 amide bonds. The van der Waals surface area contributed by atoms with Gasteiger partial charge in [-0.2, -0.15) is 15.6 Å². The Morgan fingerprint density at radius 1 is 0.632 bits per heavy atom. The van der Waals surface area contributed by atoms with Gasteiger partial charge >= 0.3 is 96.2 Å². The maximum absolute atomic E-state index is 8.55. The summed E-state index contributed by atoms with van der Waals surface area (Å²) in [6, 6.07) is 0. The van der Waals surface area contributed by atoms with Crippen LogP contribution in [0.2, 0.25) is 0 Å². The number of phosphoric acid groups is 2. The predicted molar refractivity (Wildman–Crippen MR) is 20.6 cm³/mol. The van der Waals surface area contributed by atoms with Crippen molar-refractivity contribution in [2.75, 3.05) is 0 Å². The van der Waals surface area contributed by atoms with Gasteiger partial charge < -0.3 is 53.5 Å². The first-order valence-corrected chi connectivity index (χ1v) is 4.99. The number of hydrogen-bond acceptors (Lipinski definition) is 11. The molecule has 0 saturated heterocycles. The van der Waals surface area contributed by atoms with Crippen LogP contribution in [0.1, 0.15) is 0 Å². The summed E-state index contributed by atoms with van der Waals surface area (Å²) < 4.78 is 17.1. The Balaban J connectivity index is -0.0000000141. The fourth-order valence-corrected chi connectivity index (χ4v) is 0. The molecule has 0 rings (SSSR count). The zero-order valence-electron chi connectivity index (χ0n) is 10.0. The van der Waals surface area contributed by atoms with Gasteiger partial charge in [0, 0.05) is 0 Å². The van der Waals surface area contributed by atoms with Crippen LogP contribution in [-0.4, -0.2) is 6.16 Å². The van der Waals surface area contributed by atoms with Crippen molar-refractivity contribution in [3.8, 4) is 0 Å². The summed E-state index contributed by atoms with van der Waals surface area (Å²) >= 11 is 0. The average Bonchev–Trinajstić information content (AvgIpc) is 1.45. The minimum atomic E-state index is -5.39. The summed E-state index contributed by atoms with van der Waals surface area (Å²) in [6.45, 7) is 0. The van der Waals surface area contributed by atoms with E-state index in [2.05, 4.69) is 0 Å². The van der Waals surface area contributed by atoms with E-state index in [0.29, 0.717) is 0 Å². The summed E-state index contributed by atoms with van der Waals surface area (Å²) in [5.74, 6) is 0. The van der Waals surface area contributed by atoms with Gasteiger partial charge in [-0.05, 0) is 6.16 Å². The van der Waals surface area contributed by atoms with Crippen molar-refractivity contribution in [2.24, 2.45) is 0 Å². The molecule has 0 aromatic heterocycles. The van der Waals surface area contributed by atoms with Gasteiger partial charge in [-0.1, -0.05) is 0 Å². The molecule has 0 spiro atoms. The molecular formula is CLi2O11P2Zn3. The predicted octanol–water partition coefficient (Wildman–Crippen LogP) is -14.1. The molecule has 0 aliphatic carbocycles. The van der Waals surface area contributed by atoms with Gasteiger partial charge in [0.05, 0.1) is 0 Å². The zero-order valence-corrected chi connectivity index (χ0v) is 20.7. The van der Waals surface area contributed by atoms with E-state index >= 15 is 0 Å². The molecule has 0 aliphatic heterocycles. The van der Waals surface area contributed by atoms with Gasteiger partial charge in [0.2, 0.25) is 0 Å². The van der Waals surface area contributed by atoms with Crippen LogP contribution in [0, 0.1) is 0 Å². The molecule has 0 bridgehead atoms. The van der Waals surface area contributed by atoms with E-state index in [1.165, 1.54) is 0 Å². The van der Waals surface area contributed by atoms with Gasteiger partial charge in [-0.15, -0.1) is 0 Å². The number of hydrogen-bond donors (Lipinski definition) is 0. The molecule has 88 valence electrons. The molecule has 0 radical (unpaired) electrons. The van der Waals surface area contributed by atoms with Crippen LogP contribution in [0.3, 0.4) is 0 Å². The first-order chi connectivity index (χ1) is 5.73. The SMILES string of the molecule is O=C([O-])[O-].O=P([O-])([O-])[O-].O=P([O-])([O-])[O-].[Li+].[Li+].[Zn+2].[Zn+2].[Zn+2]. The molecule has 0 atom stereocenters. The molecule has 0 fully saturated rings. The quantitative estimate of drug-likeness (QED) is 0.243. The van der Waals surface area contributed by atoms with E-state index in [4.69, 9.17) is 53.5 Å². The molecule has 0 aromatic rings. The third-order valence-corrected chi connectivity index (χ3v) is 0. The second-order valence-electron chi connectivity index (χ2n) is 1.14. The minimum absolute atomic E-state index is 0. The molecule has 11 nitrogen and oxygen atoms in total. The van der Waals surface area contributed by atoms with E-state index in [0.717, 1.165) is 0 Å². The largest absolute Gasteiger partial charge is 2.00 e. The van der Waals surface area contributed by atoms with Crippen molar-refractivity contribution in [3.63, 3.8) is 0 Å². The van der Waals surface area contributed by atoms with Gasteiger partial charge in [0.15, 0.2) is 0 Å². The maximum Gasteiger partial charge on any atom is 2.00 e. The second kappa shape index (κ2) is 25.5. The molecule has 0 saturated carbocycles. The smallest absolute Gasteiger partial charge is 0.822 e. The molecular weight excluding hydrogens is 460 g/mol. The normalized spacial score (nSPS) is 7.47. The van der Waals surface area contributed by atoms with Crippen molar-refractivity contribution in [3.05, 3.63) is 0 Å². The second-order valence-corrected chi connectivity index (χ2v) is 2.93. The Hall–Kier alpha value is 2.55. The summed E-state index contributed by atoms with van der Waals surface area (Å²) in [6.07, 6.45) is -2.33. The van der Waals surface area contributed by atoms with Crippen LogP contribution in [0.15, 0.2) is 0 Å². The molecule has 0 unspecified atom stereocenters. The van der Waals surface area contributed by atoms with E-state index in [1.54, 1.807) is 0 Å². The Labute approximate surface area is 170 Å². The van der Waals surface area contributed by atoms with Crippen LogP contribution in [0.5, 0.6) is 0 Å². The summed E-state index contributed by atoms with van der Waals surface area (Å²) in [5, 5.41) is 16.7. The monoisotopic (exact) mass is 456 g/mol. The molecule has 19 heavy (non-hydrogen) atoms. The van der Waals surface area contributed by atoms with Crippen molar-refractivity contribution in [1.82, 2.24) is 0 Å². The Kier molecular flexibility index (Phi) is 66.5. The molecule has 0 aliphatic rings. The summed E-state index contributed by atoms with van der Waals surface area (Å²) in [4.78, 5) is 59.6. The third kappa shape index (κ3) is 1080. The Bertz CT molecular complexity index is 210. The maximum atomic E-state index is 8.55. The van der Waals surface area contributed by atoms with Gasteiger partial charge in [-0.3, -0.25) is 0 Å². The number of carboxylic acid groups (broad SMARTS) is 2. The zero-order chi connectivity index (χ0) is 12.6. The Morgan fingerprint density at radius 2 is 0.632 bits per heavy atom. The van der Waals surface area contributed by atoms with Gasteiger partial charge in [-0.25, -0.2) is 0 Å². The summed E-state index contributed by atoms with van der Waals surface area (Å²) in [5.41, 5.74) is 0. The van der Waals surface area contributed by atoms with Gasteiger partial charge in [0.1, 0.15) is 0 Å². The van der Waals surface area contributed by atoms with Crippen LogP contribution in [0.25, 0.3) is 0 Å². The van der Waals surface area contributed by atoms with E-state index in [1.807, 2.05) is 0 Å². The van der Waals surface area contributed by atoms with E-state index in [9.17, 15) is 0 Å². The van der Waals surface area contributed by atoms with Crippen molar-refractivity contribution in [2.45, 2.75) is 0 Å². The molecule has 18 heteroatoms. The first-order valence-electron chi connectivity index (χ1n) is 2.07. The topological polar surface area (TPSA) is 236 Å². The van der Waals surface area contributed by atoms with E-state index < -0.39 is 21.8 Å². The molecule has 0 aromatic carbocycles. The fourth-order valence-electron chi connectivity index (χ4n) is 0. The van der Waals surface area contributed by atoms with Crippen molar-refractivity contribution in [1.29, 1.82) is 0 Å². The Morgan fingerprint density at radius 3 is 0.632 bits per heavy atom. The summed E-state index contributed by atoms with van der Waals surface area (Å²) in [7, 11) is -10.8. The average molecular weight is 460 g/mol.